The normalized spacial score (nSPS) is 19.1. The lowest BCUT2D eigenvalue weighted by Crippen LogP contribution is -2.43. The zero-order valence-electron chi connectivity index (χ0n) is 16.1. The summed E-state index contributed by atoms with van der Waals surface area (Å²) in [5, 5.41) is 4.08. The van der Waals surface area contributed by atoms with E-state index in [9.17, 15) is 4.79 Å². The van der Waals surface area contributed by atoms with Gasteiger partial charge in [0.25, 0.3) is 5.91 Å². The van der Waals surface area contributed by atoms with Crippen LogP contribution in [0.25, 0.3) is 0 Å². The number of hydrogen-bond donors (Lipinski definition) is 2. The van der Waals surface area contributed by atoms with Crippen LogP contribution in [-0.4, -0.2) is 28.3 Å². The number of anilines is 2. The summed E-state index contributed by atoms with van der Waals surface area (Å²) in [4.78, 5) is 20.4. The smallest absolute Gasteiger partial charge is 0.255 e. The van der Waals surface area contributed by atoms with Crippen molar-refractivity contribution in [1.29, 1.82) is 0 Å². The van der Waals surface area contributed by atoms with E-state index in [-0.39, 0.29) is 11.9 Å². The maximum atomic E-state index is 13.4. The summed E-state index contributed by atoms with van der Waals surface area (Å²) in [5.74, 6) is 0.939. The minimum Gasteiger partial charge on any atom is -0.399 e. The molecule has 2 aromatic carbocycles. The van der Waals surface area contributed by atoms with Gasteiger partial charge in [0.05, 0.1) is 17.3 Å². The number of nitrogens with two attached hydrogens (primary N) is 1. The van der Waals surface area contributed by atoms with Crippen LogP contribution in [0.15, 0.2) is 64.8 Å². The molecule has 3 N–H and O–H groups in total. The molecule has 0 radical (unpaired) electrons. The summed E-state index contributed by atoms with van der Waals surface area (Å²) in [6, 6.07) is 15.4. The molecule has 5 nitrogen and oxygen atoms in total. The standard InChI is InChI=1S/C22H24N4OS/c1-14-7-3-4-10-18(14)25-21(27)19-15(2)24-22-26(11-6-12-28-22)20(19)16-8-5-9-17(23)13-16/h3-5,7-10,13,20H,6,11-12,23H2,1-2H3,(H,25,27)/t20-/m0/s1. The number of aliphatic imine (C=N–C) groups is 1. The first-order valence-corrected chi connectivity index (χ1v) is 10.4. The highest BCUT2D eigenvalue weighted by molar-refractivity contribution is 8.13. The Bertz CT molecular complexity index is 982. The van der Waals surface area contributed by atoms with E-state index < -0.39 is 0 Å². The van der Waals surface area contributed by atoms with Crippen molar-refractivity contribution in [3.8, 4) is 0 Å². The molecule has 0 aliphatic carbocycles. The summed E-state index contributed by atoms with van der Waals surface area (Å²) >= 11 is 1.75. The van der Waals surface area contributed by atoms with Crippen LogP contribution in [0.1, 0.15) is 30.5 Å². The molecule has 144 valence electrons. The Morgan fingerprint density at radius 2 is 2.04 bits per heavy atom. The van der Waals surface area contributed by atoms with Gasteiger partial charge in [-0.25, -0.2) is 4.99 Å². The van der Waals surface area contributed by atoms with Gasteiger partial charge in [-0.1, -0.05) is 42.1 Å². The molecule has 2 aliphatic rings. The summed E-state index contributed by atoms with van der Waals surface area (Å²) in [7, 11) is 0. The average molecular weight is 393 g/mol. The molecule has 1 atom stereocenters. The van der Waals surface area contributed by atoms with Gasteiger partial charge in [0.1, 0.15) is 0 Å². The number of carbonyl (C=O) groups excluding carboxylic acids is 1. The summed E-state index contributed by atoms with van der Waals surface area (Å²) in [5.41, 5.74) is 11.1. The van der Waals surface area contributed by atoms with Gasteiger partial charge >= 0.3 is 0 Å². The Hall–Kier alpha value is -2.73. The largest absolute Gasteiger partial charge is 0.399 e. The first kappa shape index (κ1) is 18.6. The second kappa shape index (κ2) is 7.72. The van der Waals surface area contributed by atoms with Crippen molar-refractivity contribution >= 4 is 34.2 Å². The lowest BCUT2D eigenvalue weighted by molar-refractivity contribution is -0.113. The van der Waals surface area contributed by atoms with Gasteiger partial charge in [-0.2, -0.15) is 0 Å². The molecule has 2 heterocycles. The van der Waals surface area contributed by atoms with Crippen LogP contribution in [0.4, 0.5) is 11.4 Å². The molecule has 0 unspecified atom stereocenters. The number of nitrogens with zero attached hydrogens (tertiary/aromatic N) is 2. The minimum atomic E-state index is -0.187. The Morgan fingerprint density at radius 1 is 1.21 bits per heavy atom. The number of thioether (sulfide) groups is 1. The molecule has 1 fully saturated rings. The topological polar surface area (TPSA) is 70.7 Å². The number of nitrogens with one attached hydrogen (secondary N) is 1. The van der Waals surface area contributed by atoms with Crippen molar-refractivity contribution in [2.24, 2.45) is 4.99 Å². The summed E-state index contributed by atoms with van der Waals surface area (Å²) in [6.07, 6.45) is 1.06. The van der Waals surface area contributed by atoms with E-state index in [1.807, 2.05) is 62.4 Å². The highest BCUT2D eigenvalue weighted by Crippen LogP contribution is 2.40. The highest BCUT2D eigenvalue weighted by atomic mass is 32.2. The van der Waals surface area contributed by atoms with Gasteiger partial charge in [0, 0.05) is 23.7 Å². The van der Waals surface area contributed by atoms with Crippen LogP contribution in [-0.2, 0) is 4.79 Å². The molecule has 28 heavy (non-hydrogen) atoms. The van der Waals surface area contributed by atoms with E-state index in [0.717, 1.165) is 46.4 Å². The van der Waals surface area contributed by atoms with Gasteiger partial charge in [0.15, 0.2) is 5.17 Å². The molecule has 0 spiro atoms. The first-order valence-electron chi connectivity index (χ1n) is 9.46. The lowest BCUT2D eigenvalue weighted by Gasteiger charge is -2.41. The Kier molecular flexibility index (Phi) is 5.13. The Labute approximate surface area is 169 Å². The third-order valence-corrected chi connectivity index (χ3v) is 6.20. The molecular formula is C22H24N4OS. The quantitative estimate of drug-likeness (QED) is 0.763. The maximum absolute atomic E-state index is 13.4. The number of allylic oxidation sites excluding steroid dienone is 1. The van der Waals surface area contributed by atoms with Crippen LogP contribution in [0.5, 0.6) is 0 Å². The van der Waals surface area contributed by atoms with E-state index in [4.69, 9.17) is 10.7 Å². The van der Waals surface area contributed by atoms with Crippen molar-refractivity contribution in [2.45, 2.75) is 26.3 Å². The Balaban J connectivity index is 1.77. The van der Waals surface area contributed by atoms with Crippen molar-refractivity contribution in [2.75, 3.05) is 23.3 Å². The fourth-order valence-corrected chi connectivity index (χ4v) is 4.76. The van der Waals surface area contributed by atoms with Crippen molar-refractivity contribution in [3.63, 3.8) is 0 Å². The zero-order chi connectivity index (χ0) is 19.7. The molecule has 0 saturated carbocycles. The van der Waals surface area contributed by atoms with E-state index in [2.05, 4.69) is 10.2 Å². The number of aryl methyl sites for hydroxylation is 1. The molecular weight excluding hydrogens is 368 g/mol. The van der Waals surface area contributed by atoms with Crippen LogP contribution in [0.2, 0.25) is 0 Å². The predicted molar refractivity (Wildman–Crippen MR) is 117 cm³/mol. The van der Waals surface area contributed by atoms with Gasteiger partial charge in [-0.05, 0) is 49.6 Å². The number of hydrogen-bond acceptors (Lipinski definition) is 5. The van der Waals surface area contributed by atoms with Gasteiger partial charge < -0.3 is 16.0 Å². The van der Waals surface area contributed by atoms with E-state index in [1.54, 1.807) is 11.8 Å². The molecule has 0 aromatic heterocycles. The highest BCUT2D eigenvalue weighted by Gasteiger charge is 2.37. The number of amidine groups is 1. The van der Waals surface area contributed by atoms with E-state index in [0.29, 0.717) is 11.3 Å². The number of nitrogen functional groups attached to an aromatic ring is 1. The average Bonchev–Trinajstić information content (AvgIpc) is 2.68. The maximum Gasteiger partial charge on any atom is 0.255 e. The molecule has 6 heteroatoms. The minimum absolute atomic E-state index is 0.113. The third kappa shape index (κ3) is 3.52. The molecule has 4 rings (SSSR count). The second-order valence-electron chi connectivity index (χ2n) is 7.13. The van der Waals surface area contributed by atoms with Crippen molar-refractivity contribution in [3.05, 3.63) is 70.9 Å². The monoisotopic (exact) mass is 392 g/mol. The second-order valence-corrected chi connectivity index (χ2v) is 8.19. The SMILES string of the molecule is CC1=C(C(=O)Nc2ccccc2C)[C@H](c2cccc(N)c2)N2CCCSC2=N1. The van der Waals surface area contributed by atoms with Gasteiger partial charge in [0.2, 0.25) is 0 Å². The van der Waals surface area contributed by atoms with Crippen molar-refractivity contribution < 1.29 is 4.79 Å². The molecule has 1 saturated heterocycles. The number of rotatable bonds is 3. The van der Waals surface area contributed by atoms with E-state index in [1.165, 1.54) is 0 Å². The molecule has 2 aromatic rings. The van der Waals surface area contributed by atoms with E-state index >= 15 is 0 Å². The Morgan fingerprint density at radius 3 is 2.82 bits per heavy atom. The van der Waals surface area contributed by atoms with Gasteiger partial charge in [-0.3, -0.25) is 4.79 Å². The lowest BCUT2D eigenvalue weighted by atomic mass is 9.93. The van der Waals surface area contributed by atoms with Crippen LogP contribution >= 0.6 is 11.8 Å². The first-order chi connectivity index (χ1) is 13.5. The molecule has 1 amide bonds. The molecule has 2 aliphatic heterocycles. The number of carbonyl (C=O) groups is 1. The fraction of sp³-hybridized carbons (Fsp3) is 0.273. The molecule has 0 bridgehead atoms. The number of para-hydroxylation sites is 1. The van der Waals surface area contributed by atoms with Crippen LogP contribution in [0, 0.1) is 6.92 Å². The number of benzene rings is 2. The predicted octanol–water partition coefficient (Wildman–Crippen LogP) is 4.34. The summed E-state index contributed by atoms with van der Waals surface area (Å²) in [6.45, 7) is 4.79. The van der Waals surface area contributed by atoms with Crippen molar-refractivity contribution in [1.82, 2.24) is 4.90 Å². The third-order valence-electron chi connectivity index (χ3n) is 5.12. The number of fused-ring (bicyclic) bond motifs is 1. The summed E-state index contributed by atoms with van der Waals surface area (Å²) < 4.78 is 0. The fourth-order valence-electron chi connectivity index (χ4n) is 3.74. The van der Waals surface area contributed by atoms with Crippen LogP contribution < -0.4 is 11.1 Å². The number of amides is 1. The van der Waals surface area contributed by atoms with Gasteiger partial charge in [-0.15, -0.1) is 0 Å². The van der Waals surface area contributed by atoms with Crippen LogP contribution in [0.3, 0.4) is 0 Å². The zero-order valence-corrected chi connectivity index (χ0v) is 16.9.